The van der Waals surface area contributed by atoms with E-state index in [0.717, 1.165) is 25.7 Å². The van der Waals surface area contributed by atoms with Crippen LogP contribution in [0.25, 0.3) is 192 Å². The number of hydrogen-bond acceptors (Lipinski definition) is 3. The zero-order valence-electron chi connectivity index (χ0n) is 71.4. The minimum Gasteiger partial charge on any atom is -0.135 e. The molecule has 3 aromatic heterocycles. The summed E-state index contributed by atoms with van der Waals surface area (Å²) >= 11 is 5.82. The van der Waals surface area contributed by atoms with Crippen molar-refractivity contribution in [1.29, 1.82) is 0 Å². The van der Waals surface area contributed by atoms with Gasteiger partial charge in [-0.15, -0.1) is 34.0 Å². The number of hydrogen-bond donors (Lipinski definition) is 0. The number of rotatable bonds is 18. The molecule has 3 heteroatoms. The number of unbranched alkanes of at least 4 members (excludes halogenated alkanes) is 2. The Morgan fingerprint density at radius 2 is 0.512 bits per heavy atom. The van der Waals surface area contributed by atoms with Crippen LogP contribution in [-0.2, 0) is 25.7 Å². The summed E-state index contributed by atoms with van der Waals surface area (Å²) in [4.78, 5) is 0. The van der Waals surface area contributed by atoms with Gasteiger partial charge in [-0.1, -0.05) is 319 Å². The van der Waals surface area contributed by atoms with E-state index in [1.54, 1.807) is 0 Å². The van der Waals surface area contributed by atoms with Crippen molar-refractivity contribution in [2.45, 2.75) is 132 Å². The van der Waals surface area contributed by atoms with Crippen LogP contribution in [0.3, 0.4) is 0 Å². The first-order valence-electron chi connectivity index (χ1n) is 44.2. The second kappa shape index (κ2) is 34.0. The van der Waals surface area contributed by atoms with Gasteiger partial charge >= 0.3 is 0 Å². The maximum Gasteiger partial charge on any atom is 0.0434 e. The average molecular weight is 1620 g/mol. The van der Waals surface area contributed by atoms with E-state index in [1.165, 1.54) is 251 Å². The molecule has 0 saturated carbocycles. The molecule has 0 amide bonds. The summed E-state index contributed by atoms with van der Waals surface area (Å²) in [5, 5.41) is 24.1. The second-order valence-electron chi connectivity index (χ2n) is 35.2. The average Bonchev–Trinajstić information content (AvgIpc) is 1.73. The first kappa shape index (κ1) is 79.0. The smallest absolute Gasteiger partial charge is 0.0434 e. The molecule has 0 spiro atoms. The van der Waals surface area contributed by atoms with Gasteiger partial charge in [0.2, 0.25) is 0 Å². The van der Waals surface area contributed by atoms with Crippen LogP contribution in [0.2, 0.25) is 0 Å². The molecule has 594 valence electrons. The predicted octanol–water partition coefficient (Wildman–Crippen LogP) is 36.4. The number of aryl methyl sites for hydroxylation is 2. The highest BCUT2D eigenvalue weighted by molar-refractivity contribution is 7.27. The van der Waals surface area contributed by atoms with Gasteiger partial charge in [0, 0.05) is 60.5 Å². The topological polar surface area (TPSA) is 0 Å². The Morgan fingerprint density at radius 1 is 0.215 bits per heavy atom. The molecule has 18 aromatic carbocycles. The zero-order chi connectivity index (χ0) is 82.5. The Morgan fingerprint density at radius 3 is 0.917 bits per heavy atom. The third-order valence-electron chi connectivity index (χ3n) is 25.1. The molecule has 0 bridgehead atoms. The SMILES string of the molecule is CC(C)Cc1ccc2sc3c(-c4ccc(-c5cc6ccccc6c6ccccc56)cc4)cc(CC(C)C)cc3c2c1.CC(C)c1ccc2sc3c(-c4ccc(-c5cc6ccccc6c6ccccc56)cc4)cc(C(C)C)cc3c2c1.CCCCc1ccc2sc3c(-c4ccc(-c5cc6ccccc6c6ccccc56)cc4)cc(CCCC)cc3c2c1. The fraction of sp³-hybridized carbons (Fsp3) is 0.186. The minimum absolute atomic E-state index is 0.472. The highest BCUT2D eigenvalue weighted by Crippen LogP contribution is 2.49. The number of thiophene rings is 3. The Labute approximate surface area is 725 Å². The molecule has 0 nitrogen and oxygen atoms in total. The molecular weight excluding hydrogens is 1510 g/mol. The molecule has 0 unspecified atom stereocenters. The quantitative estimate of drug-likeness (QED) is 0.0751. The van der Waals surface area contributed by atoms with Crippen molar-refractivity contribution in [3.05, 3.63) is 361 Å². The minimum atomic E-state index is 0.472. The van der Waals surface area contributed by atoms with Gasteiger partial charge in [0.25, 0.3) is 0 Å². The van der Waals surface area contributed by atoms with Crippen molar-refractivity contribution in [3.8, 4) is 66.8 Å². The fourth-order valence-corrected chi connectivity index (χ4v) is 22.4. The summed E-state index contributed by atoms with van der Waals surface area (Å²) in [5.74, 6) is 2.27. The first-order valence-corrected chi connectivity index (χ1v) is 46.6. The summed E-state index contributed by atoms with van der Waals surface area (Å²) in [6.07, 6.45) is 9.43. The highest BCUT2D eigenvalue weighted by Gasteiger charge is 2.22. The van der Waals surface area contributed by atoms with E-state index in [1.807, 2.05) is 34.0 Å². The lowest BCUT2D eigenvalue weighted by Gasteiger charge is -2.13. The van der Waals surface area contributed by atoms with Crippen LogP contribution in [0.5, 0.6) is 0 Å². The lowest BCUT2D eigenvalue weighted by atomic mass is 9.91. The third kappa shape index (κ3) is 15.6. The van der Waals surface area contributed by atoms with E-state index in [2.05, 4.69) is 397 Å². The van der Waals surface area contributed by atoms with Gasteiger partial charge in [-0.3, -0.25) is 0 Å². The molecule has 0 fully saturated rings. The Kier molecular flexibility index (Phi) is 22.2. The molecule has 0 N–H and O–H groups in total. The normalized spacial score (nSPS) is 12.0. The van der Waals surface area contributed by atoms with Crippen LogP contribution in [0.4, 0.5) is 0 Å². The lowest BCUT2D eigenvalue weighted by Crippen LogP contribution is -1.95. The van der Waals surface area contributed by atoms with Crippen molar-refractivity contribution >= 4 is 159 Å². The van der Waals surface area contributed by atoms with Crippen LogP contribution in [0.15, 0.2) is 328 Å². The molecule has 21 rings (SSSR count). The molecule has 0 radical (unpaired) electrons. The van der Waals surface area contributed by atoms with Gasteiger partial charge in [-0.2, -0.15) is 0 Å². The Balaban J connectivity index is 0.000000120. The highest BCUT2D eigenvalue weighted by atomic mass is 32.1. The van der Waals surface area contributed by atoms with E-state index in [0.29, 0.717) is 23.7 Å². The van der Waals surface area contributed by atoms with Crippen LogP contribution in [0.1, 0.15) is 140 Å². The van der Waals surface area contributed by atoms with E-state index in [-0.39, 0.29) is 0 Å². The monoisotopic (exact) mass is 1620 g/mol. The zero-order valence-corrected chi connectivity index (χ0v) is 73.8. The maximum atomic E-state index is 2.48. The standard InChI is InChI=1S/2C40H36S.C38H32S/c1-25(2)19-27-13-18-39-37(21-27)38-23-28(20-26(3)4)22-36(40(38)41-39)30-16-14-29(15-17-30)35-24-31-9-5-6-10-32(31)33-11-7-8-12-34(33)35;1-3-5-11-27-17-22-39-37(23-27)38-25-28(12-6-4-2)24-36(40(38)41-39)30-20-18-29(19-21-30)35-26-31-13-7-8-14-32(31)33-15-9-10-16-34(33)35;1-23(2)27-17-18-37-35(19-27)36-22-29(24(3)4)21-34(38(36)39-37)26-15-13-25(14-16-26)33-20-28-9-5-6-10-30(28)31-11-7-8-12-32(31)33/h5-18,21-26H,19-20H2,1-4H3;7-10,13-26H,3-6,11-12H2,1-2H3;5-24H,1-4H3. The van der Waals surface area contributed by atoms with E-state index in [4.69, 9.17) is 0 Å². The Bertz CT molecular complexity index is 7460. The van der Waals surface area contributed by atoms with Crippen LogP contribution >= 0.6 is 34.0 Å². The second-order valence-corrected chi connectivity index (χ2v) is 38.4. The largest absolute Gasteiger partial charge is 0.135 e. The molecule has 0 atom stereocenters. The summed E-state index contributed by atoms with van der Waals surface area (Å²) in [6.45, 7) is 23.0. The predicted molar refractivity (Wildman–Crippen MR) is 538 cm³/mol. The lowest BCUT2D eigenvalue weighted by molar-refractivity contribution is 0.647. The van der Waals surface area contributed by atoms with Gasteiger partial charge in [0.05, 0.1) is 0 Å². The van der Waals surface area contributed by atoms with Crippen LogP contribution in [0, 0.1) is 11.8 Å². The fourth-order valence-electron chi connectivity index (χ4n) is 18.8. The van der Waals surface area contributed by atoms with E-state index < -0.39 is 0 Å². The van der Waals surface area contributed by atoms with Crippen LogP contribution in [-0.4, -0.2) is 0 Å². The summed E-state index contributed by atoms with van der Waals surface area (Å²) in [5.41, 5.74) is 24.2. The number of benzene rings is 18. The molecular formula is C118H104S3. The number of fused-ring (bicyclic) bond motifs is 18. The van der Waals surface area contributed by atoms with E-state index in [9.17, 15) is 0 Å². The molecule has 0 aliphatic carbocycles. The maximum absolute atomic E-state index is 2.48. The molecule has 0 aliphatic heterocycles. The summed E-state index contributed by atoms with van der Waals surface area (Å²) in [7, 11) is 0. The molecule has 0 aliphatic rings. The third-order valence-corrected chi connectivity index (χ3v) is 28.8. The van der Waals surface area contributed by atoms with Gasteiger partial charge in [-0.05, 0) is 318 Å². The summed E-state index contributed by atoms with van der Waals surface area (Å²) in [6, 6.07) is 124. The van der Waals surface area contributed by atoms with Gasteiger partial charge < -0.3 is 0 Å². The van der Waals surface area contributed by atoms with E-state index >= 15 is 0 Å². The Hall–Kier alpha value is -11.8. The molecule has 21 aromatic rings. The van der Waals surface area contributed by atoms with Gasteiger partial charge in [0.15, 0.2) is 0 Å². The summed E-state index contributed by atoms with van der Waals surface area (Å²) < 4.78 is 8.35. The van der Waals surface area contributed by atoms with Gasteiger partial charge in [-0.25, -0.2) is 0 Å². The molecule has 121 heavy (non-hydrogen) atoms. The molecule has 3 heterocycles. The van der Waals surface area contributed by atoms with Crippen molar-refractivity contribution in [2.75, 3.05) is 0 Å². The van der Waals surface area contributed by atoms with Crippen LogP contribution < -0.4 is 0 Å². The van der Waals surface area contributed by atoms with Crippen molar-refractivity contribution in [2.24, 2.45) is 11.8 Å². The van der Waals surface area contributed by atoms with Crippen molar-refractivity contribution in [1.82, 2.24) is 0 Å². The van der Waals surface area contributed by atoms with Crippen molar-refractivity contribution in [3.63, 3.8) is 0 Å². The molecule has 0 saturated heterocycles. The first-order chi connectivity index (χ1) is 59.1. The van der Waals surface area contributed by atoms with Crippen molar-refractivity contribution < 1.29 is 0 Å². The van der Waals surface area contributed by atoms with Gasteiger partial charge in [0.1, 0.15) is 0 Å².